The molecule has 1 fully saturated rings. The first-order valence-electron chi connectivity index (χ1n) is 6.00. The third-order valence-corrected chi connectivity index (χ3v) is 3.15. The summed E-state index contributed by atoms with van der Waals surface area (Å²) in [5.74, 6) is -0.0710. The van der Waals surface area contributed by atoms with Crippen LogP contribution in [0.1, 0.15) is 0 Å². The first kappa shape index (κ1) is 14.5. The van der Waals surface area contributed by atoms with E-state index in [9.17, 15) is 14.9 Å². The Balaban J connectivity index is 1.97. The molecule has 1 amide bonds. The molecule has 1 aromatic rings. The number of carbonyl (C=O) groups is 1. The van der Waals surface area contributed by atoms with E-state index < -0.39 is 4.92 Å². The summed E-state index contributed by atoms with van der Waals surface area (Å²) in [6.07, 6.45) is 0. The van der Waals surface area contributed by atoms with E-state index in [1.807, 2.05) is 0 Å². The maximum absolute atomic E-state index is 11.9. The van der Waals surface area contributed by atoms with Crippen molar-refractivity contribution in [2.24, 2.45) is 0 Å². The number of non-ortho nitro benzene ring substituents is 1. The zero-order valence-corrected chi connectivity index (χ0v) is 11.3. The number of morpholine rings is 1. The monoisotopic (exact) mass is 300 g/mol. The Morgan fingerprint density at radius 1 is 1.45 bits per heavy atom. The molecule has 0 bridgehead atoms. The van der Waals surface area contributed by atoms with Gasteiger partial charge in [-0.15, -0.1) is 0 Å². The number of nitro benzene ring substituents is 1. The molecule has 0 spiro atoms. The van der Waals surface area contributed by atoms with Crippen LogP contribution in [0.2, 0.25) is 5.02 Å². The van der Waals surface area contributed by atoms with Crippen molar-refractivity contribution in [1.29, 1.82) is 0 Å². The summed E-state index contributed by atoms with van der Waals surface area (Å²) < 4.78 is 10.4. The highest BCUT2D eigenvalue weighted by Crippen LogP contribution is 2.28. The van der Waals surface area contributed by atoms with Crippen LogP contribution >= 0.6 is 11.6 Å². The van der Waals surface area contributed by atoms with E-state index in [1.165, 1.54) is 18.2 Å². The summed E-state index contributed by atoms with van der Waals surface area (Å²) in [6.45, 7) is 1.84. The SMILES string of the molecule is O=C(COc1cc([N+](=O)[O-])ccc1Cl)N1CCOCC1. The number of rotatable bonds is 4. The van der Waals surface area contributed by atoms with Crippen LogP contribution in [0, 0.1) is 10.1 Å². The third-order valence-electron chi connectivity index (χ3n) is 2.84. The normalized spacial score (nSPS) is 14.9. The first-order chi connectivity index (χ1) is 9.58. The maximum atomic E-state index is 11.9. The number of ether oxygens (including phenoxy) is 2. The molecule has 0 N–H and O–H groups in total. The second kappa shape index (κ2) is 6.53. The molecule has 0 unspecified atom stereocenters. The van der Waals surface area contributed by atoms with Crippen LogP contribution in [0.25, 0.3) is 0 Å². The lowest BCUT2D eigenvalue weighted by Crippen LogP contribution is -2.43. The molecule has 7 nitrogen and oxygen atoms in total. The van der Waals surface area contributed by atoms with E-state index in [2.05, 4.69) is 0 Å². The lowest BCUT2D eigenvalue weighted by Gasteiger charge is -2.26. The van der Waals surface area contributed by atoms with Crippen molar-refractivity contribution in [1.82, 2.24) is 4.90 Å². The lowest BCUT2D eigenvalue weighted by molar-refractivity contribution is -0.384. The van der Waals surface area contributed by atoms with Crippen LogP contribution in [0.4, 0.5) is 5.69 Å². The molecule has 8 heteroatoms. The Hall–Kier alpha value is -1.86. The van der Waals surface area contributed by atoms with Gasteiger partial charge in [-0.05, 0) is 6.07 Å². The number of halogens is 1. The number of nitrogens with zero attached hydrogens (tertiary/aromatic N) is 2. The number of nitro groups is 1. The molecule has 1 aromatic carbocycles. The molecule has 1 saturated heterocycles. The molecule has 20 heavy (non-hydrogen) atoms. The van der Waals surface area contributed by atoms with Gasteiger partial charge in [0.15, 0.2) is 6.61 Å². The molecule has 0 atom stereocenters. The highest BCUT2D eigenvalue weighted by atomic mass is 35.5. The Labute approximate surface area is 120 Å². The van der Waals surface area contributed by atoms with E-state index in [0.717, 1.165) is 0 Å². The predicted molar refractivity (Wildman–Crippen MR) is 71.0 cm³/mol. The average molecular weight is 301 g/mol. The quantitative estimate of drug-likeness (QED) is 0.621. The van der Waals surface area contributed by atoms with Crippen molar-refractivity contribution in [3.63, 3.8) is 0 Å². The lowest BCUT2D eigenvalue weighted by atomic mass is 10.3. The van der Waals surface area contributed by atoms with Gasteiger partial charge in [-0.1, -0.05) is 11.6 Å². The summed E-state index contributed by atoms with van der Waals surface area (Å²) in [6, 6.07) is 3.85. The number of benzene rings is 1. The van der Waals surface area contributed by atoms with Crippen molar-refractivity contribution in [2.45, 2.75) is 0 Å². The molecule has 108 valence electrons. The molecule has 0 aromatic heterocycles. The second-order valence-corrected chi connectivity index (χ2v) is 4.56. The largest absolute Gasteiger partial charge is 0.482 e. The maximum Gasteiger partial charge on any atom is 0.273 e. The fraction of sp³-hybridized carbons (Fsp3) is 0.417. The Kier molecular flexibility index (Phi) is 4.75. The van der Waals surface area contributed by atoms with Crippen LogP contribution in [-0.4, -0.2) is 48.6 Å². The number of amides is 1. The molecule has 0 radical (unpaired) electrons. The highest BCUT2D eigenvalue weighted by Gasteiger charge is 2.18. The molecule has 1 aliphatic rings. The number of hydrogen-bond donors (Lipinski definition) is 0. The molecule has 1 aliphatic heterocycles. The van der Waals surface area contributed by atoms with Gasteiger partial charge in [0.1, 0.15) is 5.75 Å². The Bertz CT molecular complexity index is 517. The standard InChI is InChI=1S/C12H13ClN2O5/c13-10-2-1-9(15(17)18)7-11(10)20-8-12(16)14-3-5-19-6-4-14/h1-2,7H,3-6,8H2. The van der Waals surface area contributed by atoms with Crippen molar-refractivity contribution in [3.05, 3.63) is 33.3 Å². The van der Waals surface area contributed by atoms with Crippen molar-refractivity contribution >= 4 is 23.2 Å². The van der Waals surface area contributed by atoms with Crippen molar-refractivity contribution in [3.8, 4) is 5.75 Å². The topological polar surface area (TPSA) is 81.9 Å². The summed E-state index contributed by atoms with van der Waals surface area (Å²) in [7, 11) is 0. The average Bonchev–Trinajstić information content (AvgIpc) is 2.46. The summed E-state index contributed by atoms with van der Waals surface area (Å²) in [5, 5.41) is 10.9. The van der Waals surface area contributed by atoms with Crippen molar-refractivity contribution in [2.75, 3.05) is 32.9 Å². The predicted octanol–water partition coefficient (Wildman–Crippen LogP) is 1.49. The van der Waals surface area contributed by atoms with E-state index >= 15 is 0 Å². The van der Waals surface area contributed by atoms with Crippen LogP contribution in [0.15, 0.2) is 18.2 Å². The van der Waals surface area contributed by atoms with Crippen LogP contribution in [0.5, 0.6) is 5.75 Å². The van der Waals surface area contributed by atoms with Gasteiger partial charge in [0.25, 0.3) is 11.6 Å². The van der Waals surface area contributed by atoms with Crippen LogP contribution in [-0.2, 0) is 9.53 Å². The van der Waals surface area contributed by atoms with Gasteiger partial charge in [-0.2, -0.15) is 0 Å². The van der Waals surface area contributed by atoms with E-state index in [1.54, 1.807) is 4.90 Å². The third kappa shape index (κ3) is 3.58. The molecule has 1 heterocycles. The molecular formula is C12H13ClN2O5. The van der Waals surface area contributed by atoms with E-state index in [-0.39, 0.29) is 29.0 Å². The first-order valence-corrected chi connectivity index (χ1v) is 6.38. The fourth-order valence-corrected chi connectivity index (χ4v) is 1.93. The molecule has 0 aliphatic carbocycles. The summed E-state index contributed by atoms with van der Waals surface area (Å²) >= 11 is 5.88. The van der Waals surface area contributed by atoms with Gasteiger partial charge < -0.3 is 14.4 Å². The minimum absolute atomic E-state index is 0.127. The number of carbonyl (C=O) groups excluding carboxylic acids is 1. The van der Waals surface area contributed by atoms with Gasteiger partial charge >= 0.3 is 0 Å². The zero-order valence-electron chi connectivity index (χ0n) is 10.6. The zero-order chi connectivity index (χ0) is 14.5. The van der Waals surface area contributed by atoms with Crippen LogP contribution < -0.4 is 4.74 Å². The van der Waals surface area contributed by atoms with Gasteiger partial charge in [0, 0.05) is 19.2 Å². The van der Waals surface area contributed by atoms with Gasteiger partial charge in [0.05, 0.1) is 29.2 Å². The summed E-state index contributed by atoms with van der Waals surface area (Å²) in [4.78, 5) is 23.6. The highest BCUT2D eigenvalue weighted by molar-refractivity contribution is 6.32. The van der Waals surface area contributed by atoms with E-state index in [4.69, 9.17) is 21.1 Å². The molecular weight excluding hydrogens is 288 g/mol. The van der Waals surface area contributed by atoms with Gasteiger partial charge in [-0.3, -0.25) is 14.9 Å². The fourth-order valence-electron chi connectivity index (χ4n) is 1.76. The summed E-state index contributed by atoms with van der Waals surface area (Å²) in [5.41, 5.74) is -0.136. The van der Waals surface area contributed by atoms with E-state index in [0.29, 0.717) is 26.3 Å². The smallest absolute Gasteiger partial charge is 0.273 e. The minimum Gasteiger partial charge on any atom is -0.482 e. The van der Waals surface area contributed by atoms with Crippen LogP contribution in [0.3, 0.4) is 0 Å². The second-order valence-electron chi connectivity index (χ2n) is 4.15. The Morgan fingerprint density at radius 3 is 2.80 bits per heavy atom. The minimum atomic E-state index is -0.549. The van der Waals surface area contributed by atoms with Gasteiger partial charge in [0.2, 0.25) is 0 Å². The number of hydrogen-bond acceptors (Lipinski definition) is 5. The Morgan fingerprint density at radius 2 is 2.15 bits per heavy atom. The van der Waals surface area contributed by atoms with Gasteiger partial charge in [-0.25, -0.2) is 0 Å². The molecule has 2 rings (SSSR count). The molecule has 0 saturated carbocycles. The van der Waals surface area contributed by atoms with Crippen molar-refractivity contribution < 1.29 is 19.2 Å².